The molecule has 0 saturated carbocycles. The minimum atomic E-state index is -0.391. The van der Waals surface area contributed by atoms with E-state index in [1.807, 2.05) is 0 Å². The fourth-order valence-electron chi connectivity index (χ4n) is 4.25. The van der Waals surface area contributed by atoms with Crippen LogP contribution >= 0.6 is 0 Å². The van der Waals surface area contributed by atoms with Crippen molar-refractivity contribution in [3.8, 4) is 28.3 Å². The number of hydrogen-bond donors (Lipinski definition) is 3. The molecule has 0 bridgehead atoms. The lowest BCUT2D eigenvalue weighted by atomic mass is 10.00. The molecule has 176 valence electrons. The monoisotopic (exact) mass is 467 g/mol. The summed E-state index contributed by atoms with van der Waals surface area (Å²) in [5.74, 6) is -0.130. The van der Waals surface area contributed by atoms with Crippen molar-refractivity contribution in [2.45, 2.75) is 32.1 Å². The minimum Gasteiger partial charge on any atom is -0.481 e. The highest BCUT2D eigenvalue weighted by molar-refractivity contribution is 5.89. The summed E-state index contributed by atoms with van der Waals surface area (Å²) in [4.78, 5) is 22.0. The second-order valence-electron chi connectivity index (χ2n) is 8.07. The first-order valence-corrected chi connectivity index (χ1v) is 10.9. The number of methoxy groups -OCH3 is 1. The van der Waals surface area contributed by atoms with Crippen molar-refractivity contribution < 1.29 is 23.4 Å². The van der Waals surface area contributed by atoms with Gasteiger partial charge in [0.05, 0.1) is 31.1 Å². The smallest absolute Gasteiger partial charge is 0.428 e. The van der Waals surface area contributed by atoms with E-state index in [2.05, 4.69) is 15.1 Å². The first-order valence-electron chi connectivity index (χ1n) is 10.9. The summed E-state index contributed by atoms with van der Waals surface area (Å²) in [5, 5.41) is 12.9. The van der Waals surface area contributed by atoms with Crippen molar-refractivity contribution in [1.29, 1.82) is 0 Å². The van der Waals surface area contributed by atoms with Crippen LogP contribution in [0.2, 0.25) is 0 Å². The molecule has 5 rings (SSSR count). The Kier molecular flexibility index (Phi) is 5.72. The van der Waals surface area contributed by atoms with Gasteiger partial charge in [0.15, 0.2) is 0 Å². The third-order valence-corrected chi connectivity index (χ3v) is 5.86. The molecule has 0 radical (unpaired) electrons. The third-order valence-electron chi connectivity index (χ3n) is 5.86. The number of aliphatic hydroxyl groups excluding tert-OH is 1. The Morgan fingerprint density at radius 3 is 2.76 bits per heavy atom. The average molecular weight is 467 g/mol. The number of nitrogens with one attached hydrogen (secondary N) is 1. The van der Waals surface area contributed by atoms with Gasteiger partial charge in [-0.05, 0) is 48.7 Å². The van der Waals surface area contributed by atoms with E-state index >= 15 is 0 Å². The van der Waals surface area contributed by atoms with Gasteiger partial charge < -0.3 is 20.3 Å². The van der Waals surface area contributed by atoms with E-state index in [-0.39, 0.29) is 30.2 Å². The van der Waals surface area contributed by atoms with Gasteiger partial charge in [-0.2, -0.15) is 4.68 Å². The molecule has 1 aromatic carbocycles. The van der Waals surface area contributed by atoms with E-state index in [4.69, 9.17) is 15.2 Å². The first-order chi connectivity index (χ1) is 16.5. The quantitative estimate of drug-likeness (QED) is 0.366. The van der Waals surface area contributed by atoms with Gasteiger partial charge in [-0.1, -0.05) is 0 Å². The lowest BCUT2D eigenvalue weighted by molar-refractivity contribution is -0.516. The third kappa shape index (κ3) is 3.88. The van der Waals surface area contributed by atoms with E-state index in [1.165, 1.54) is 28.3 Å². The number of aromatic amines is 1. The number of halogens is 1. The number of nitrogens with zero attached hydrogens (tertiary/aromatic N) is 4. The lowest BCUT2D eigenvalue weighted by Gasteiger charge is -2.11. The summed E-state index contributed by atoms with van der Waals surface area (Å²) in [6.07, 6.45) is 1.72. The van der Waals surface area contributed by atoms with Crippen molar-refractivity contribution in [3.05, 3.63) is 58.4 Å². The topological polar surface area (TPSA) is 132 Å². The number of aromatic nitrogens is 5. The Bertz CT molecular complexity index is 1390. The van der Waals surface area contributed by atoms with Crippen LogP contribution in [0.4, 0.5) is 10.3 Å². The number of hydrogen-bond acceptors (Lipinski definition) is 7. The molecular weight excluding hydrogens is 443 g/mol. The molecule has 1 aliphatic rings. The number of anilines is 1. The maximum atomic E-state index is 13.6. The number of nitrogen functional groups attached to an aromatic ring is 1. The molecule has 0 spiro atoms. The minimum absolute atomic E-state index is 0.0196. The molecule has 0 amide bonds. The van der Waals surface area contributed by atoms with Crippen LogP contribution in [-0.2, 0) is 17.9 Å². The molecule has 10 nitrogen and oxygen atoms in total. The second kappa shape index (κ2) is 8.84. The van der Waals surface area contributed by atoms with Gasteiger partial charge in [0, 0.05) is 18.2 Å². The van der Waals surface area contributed by atoms with Crippen LogP contribution in [0.25, 0.3) is 28.0 Å². The molecular formula is C23H24FN6O4+. The SMILES string of the molecule is COc1cc(-c2c(-c3ccc(F)cc3)nc(N)[n+]3c(=O)n(C[C@H]4CCCO4)[nH]c23)cc(CO)n1. The normalized spacial score (nSPS) is 15.8. The van der Waals surface area contributed by atoms with E-state index in [0.29, 0.717) is 46.9 Å². The number of nitrogens with two attached hydrogens (primary N) is 1. The van der Waals surface area contributed by atoms with Crippen molar-refractivity contribution in [2.75, 3.05) is 19.5 Å². The summed E-state index contributed by atoms with van der Waals surface area (Å²) < 4.78 is 27.4. The van der Waals surface area contributed by atoms with Crippen molar-refractivity contribution in [1.82, 2.24) is 19.7 Å². The number of ether oxygens (including phenoxy) is 2. The Hall–Kier alpha value is -3.83. The number of rotatable bonds is 6. The van der Waals surface area contributed by atoms with Crippen LogP contribution in [0, 0.1) is 5.82 Å². The molecule has 0 aliphatic carbocycles. The molecule has 1 fully saturated rings. The Balaban J connectivity index is 1.81. The molecule has 4 heterocycles. The van der Waals surface area contributed by atoms with Crippen molar-refractivity contribution in [3.63, 3.8) is 0 Å². The summed E-state index contributed by atoms with van der Waals surface area (Å²) >= 11 is 0. The highest BCUT2D eigenvalue weighted by Crippen LogP contribution is 2.34. The largest absolute Gasteiger partial charge is 0.481 e. The van der Waals surface area contributed by atoms with Crippen molar-refractivity contribution in [2.24, 2.45) is 0 Å². The predicted octanol–water partition coefficient (Wildman–Crippen LogP) is 1.44. The number of fused-ring (bicyclic) bond motifs is 1. The van der Waals surface area contributed by atoms with Gasteiger partial charge in [0.25, 0.3) is 0 Å². The Morgan fingerprint density at radius 2 is 2.09 bits per heavy atom. The van der Waals surface area contributed by atoms with Crippen LogP contribution in [0.1, 0.15) is 18.5 Å². The Morgan fingerprint density at radius 1 is 1.29 bits per heavy atom. The highest BCUT2D eigenvalue weighted by Gasteiger charge is 2.28. The number of H-pyrrole nitrogens is 1. The molecule has 34 heavy (non-hydrogen) atoms. The van der Waals surface area contributed by atoms with E-state index in [1.54, 1.807) is 24.3 Å². The van der Waals surface area contributed by atoms with Gasteiger partial charge in [-0.15, -0.1) is 9.38 Å². The van der Waals surface area contributed by atoms with Crippen LogP contribution in [0.3, 0.4) is 0 Å². The van der Waals surface area contributed by atoms with Crippen LogP contribution in [0.15, 0.2) is 41.2 Å². The summed E-state index contributed by atoms with van der Waals surface area (Å²) in [6.45, 7) is 0.690. The van der Waals surface area contributed by atoms with E-state index < -0.39 is 5.82 Å². The highest BCUT2D eigenvalue weighted by atomic mass is 19.1. The molecule has 4 N–H and O–H groups in total. The maximum absolute atomic E-state index is 13.6. The number of benzene rings is 1. The van der Waals surface area contributed by atoms with Gasteiger partial charge >= 0.3 is 11.6 Å². The summed E-state index contributed by atoms with van der Waals surface area (Å²) in [7, 11) is 1.47. The van der Waals surface area contributed by atoms with E-state index in [9.17, 15) is 14.3 Å². The second-order valence-corrected chi connectivity index (χ2v) is 8.07. The maximum Gasteiger partial charge on any atom is 0.428 e. The molecule has 1 saturated heterocycles. The number of aliphatic hydroxyl groups is 1. The molecule has 4 aromatic rings. The fraction of sp³-hybridized carbons (Fsp3) is 0.304. The fourth-order valence-corrected chi connectivity index (χ4v) is 4.25. The zero-order valence-electron chi connectivity index (χ0n) is 18.5. The lowest BCUT2D eigenvalue weighted by Crippen LogP contribution is -2.45. The molecule has 0 unspecified atom stereocenters. The summed E-state index contributed by atoms with van der Waals surface area (Å²) in [5.41, 5.74) is 8.77. The molecule has 1 atom stereocenters. The first kappa shape index (κ1) is 22.0. The van der Waals surface area contributed by atoms with Gasteiger partial charge in [-0.25, -0.2) is 19.3 Å². The molecule has 3 aromatic heterocycles. The van der Waals surface area contributed by atoms with E-state index in [0.717, 1.165) is 12.8 Å². The number of pyridine rings is 1. The predicted molar refractivity (Wildman–Crippen MR) is 120 cm³/mol. The molecule has 1 aliphatic heterocycles. The average Bonchev–Trinajstić information content (AvgIpc) is 3.47. The van der Waals surface area contributed by atoms with Crippen LogP contribution in [-0.4, -0.2) is 44.7 Å². The van der Waals surface area contributed by atoms with Gasteiger partial charge in [0.2, 0.25) is 11.5 Å². The van der Waals surface area contributed by atoms with Gasteiger partial charge in [-0.3, -0.25) is 0 Å². The Labute approximate surface area is 193 Å². The zero-order valence-corrected chi connectivity index (χ0v) is 18.5. The van der Waals surface area contributed by atoms with Crippen molar-refractivity contribution >= 4 is 11.6 Å². The molecule has 11 heteroatoms. The van der Waals surface area contributed by atoms with Crippen LogP contribution < -0.4 is 20.6 Å². The summed E-state index contributed by atoms with van der Waals surface area (Å²) in [6, 6.07) is 9.18. The van der Waals surface area contributed by atoms with Gasteiger partial charge in [0.1, 0.15) is 18.1 Å². The zero-order chi connectivity index (χ0) is 23.8. The van der Waals surface area contributed by atoms with Crippen LogP contribution in [0.5, 0.6) is 5.88 Å². The standard InChI is InChI=1S/C23H23FN6O4/c1-33-18-10-14(9-16(12-31)26-18)19-20(13-4-6-15(24)7-5-13)27-22(25)30-21(19)28-29(23(30)32)11-17-3-2-8-34-17/h4-7,9-10,17,31H,2-3,8,11-12H2,1H3,(H2,25,26,27,28)/p+1/t17-/m1/s1.